The number of hydrogen-bond acceptors (Lipinski definition) is 2. The van der Waals surface area contributed by atoms with Gasteiger partial charge in [-0.25, -0.2) is 0 Å². The lowest BCUT2D eigenvalue weighted by molar-refractivity contribution is 0.233. The van der Waals surface area contributed by atoms with Crippen molar-refractivity contribution in [3.05, 3.63) is 89.0 Å². The molecule has 2 nitrogen and oxygen atoms in total. The predicted molar refractivity (Wildman–Crippen MR) is 155 cm³/mol. The summed E-state index contributed by atoms with van der Waals surface area (Å²) in [5.41, 5.74) is 14.4. The second kappa shape index (κ2) is 13.2. The quantitative estimate of drug-likeness (QED) is 0.333. The third kappa shape index (κ3) is 6.87. The Hall–Kier alpha value is -2.42. The monoisotopic (exact) mass is 483 g/mol. The molecule has 1 fully saturated rings. The maximum Gasteiger partial charge on any atom is 0.0833 e. The minimum Gasteiger partial charge on any atom is -0.388 e. The third-order valence-electron chi connectivity index (χ3n) is 8.31. The van der Waals surface area contributed by atoms with Crippen molar-refractivity contribution in [2.75, 3.05) is 6.54 Å². The van der Waals surface area contributed by atoms with Crippen LogP contribution in [0.15, 0.2) is 72.3 Å². The summed E-state index contributed by atoms with van der Waals surface area (Å²) in [5.74, 6) is 1.66. The second-order valence-corrected chi connectivity index (χ2v) is 10.8. The molecule has 2 aromatic carbocycles. The van der Waals surface area contributed by atoms with E-state index in [4.69, 9.17) is 5.73 Å². The Kier molecular flexibility index (Phi) is 9.78. The van der Waals surface area contributed by atoms with Crippen molar-refractivity contribution in [2.45, 2.75) is 90.1 Å². The molecule has 36 heavy (non-hydrogen) atoms. The lowest BCUT2D eigenvalue weighted by atomic mass is 9.77. The molecule has 2 aliphatic rings. The smallest absolute Gasteiger partial charge is 0.0833 e. The van der Waals surface area contributed by atoms with Crippen molar-refractivity contribution in [3.63, 3.8) is 0 Å². The maximum atomic E-state index is 11.2. The molecule has 0 bridgehead atoms. The Labute approximate surface area is 219 Å². The van der Waals surface area contributed by atoms with Crippen LogP contribution < -0.4 is 5.73 Å². The zero-order valence-electron chi connectivity index (χ0n) is 22.4. The number of unbranched alkanes of at least 4 members (excludes halogenated alkanes) is 1. The third-order valence-corrected chi connectivity index (χ3v) is 8.31. The summed E-state index contributed by atoms with van der Waals surface area (Å²) < 4.78 is 0. The molecule has 0 saturated heterocycles. The number of allylic oxidation sites excluding steroid dienone is 4. The average molecular weight is 484 g/mol. The molecule has 1 saturated carbocycles. The van der Waals surface area contributed by atoms with E-state index in [1.54, 1.807) is 0 Å². The summed E-state index contributed by atoms with van der Waals surface area (Å²) in [6.45, 7) is 5.17. The van der Waals surface area contributed by atoms with Gasteiger partial charge in [-0.05, 0) is 116 Å². The Bertz CT molecular complexity index is 1070. The minimum absolute atomic E-state index is 0.511. The number of aliphatic hydroxyl groups excluding tert-OH is 1. The predicted octanol–water partition coefficient (Wildman–Crippen LogP) is 8.50. The molecule has 1 atom stereocenters. The van der Waals surface area contributed by atoms with E-state index in [-0.39, 0.29) is 0 Å². The summed E-state index contributed by atoms with van der Waals surface area (Å²) in [7, 11) is 0. The van der Waals surface area contributed by atoms with Crippen molar-refractivity contribution in [1.29, 1.82) is 0 Å². The number of rotatable bonds is 10. The summed E-state index contributed by atoms with van der Waals surface area (Å²) >= 11 is 0. The lowest BCUT2D eigenvalue weighted by Crippen LogP contribution is -2.12. The van der Waals surface area contributed by atoms with E-state index in [9.17, 15) is 5.11 Å². The Balaban J connectivity index is 1.50. The zero-order valence-corrected chi connectivity index (χ0v) is 22.4. The van der Waals surface area contributed by atoms with Gasteiger partial charge in [0.2, 0.25) is 0 Å². The number of aliphatic hydroxyl groups is 1. The average Bonchev–Trinajstić information content (AvgIpc) is 2.92. The van der Waals surface area contributed by atoms with Crippen LogP contribution in [0.2, 0.25) is 0 Å². The van der Waals surface area contributed by atoms with E-state index in [1.807, 2.05) is 0 Å². The molecule has 2 aromatic rings. The molecule has 0 aromatic heterocycles. The molecule has 192 valence electrons. The fraction of sp³-hybridized carbons (Fsp3) is 0.471. The fourth-order valence-corrected chi connectivity index (χ4v) is 5.97. The van der Waals surface area contributed by atoms with Gasteiger partial charge in [-0.2, -0.15) is 0 Å². The number of hydrogen-bond donors (Lipinski definition) is 2. The van der Waals surface area contributed by atoms with Gasteiger partial charge in [-0.3, -0.25) is 0 Å². The number of aryl methyl sites for hydroxylation is 1. The molecule has 0 amide bonds. The highest BCUT2D eigenvalue weighted by molar-refractivity contribution is 5.75. The van der Waals surface area contributed by atoms with E-state index in [2.05, 4.69) is 80.6 Å². The van der Waals surface area contributed by atoms with Gasteiger partial charge in [0, 0.05) is 6.42 Å². The minimum atomic E-state index is -0.511. The second-order valence-electron chi connectivity index (χ2n) is 10.8. The molecule has 1 unspecified atom stereocenters. The molecule has 0 aliphatic heterocycles. The van der Waals surface area contributed by atoms with E-state index in [1.165, 1.54) is 59.9 Å². The van der Waals surface area contributed by atoms with E-state index >= 15 is 0 Å². The first-order valence-electron chi connectivity index (χ1n) is 14.2. The lowest BCUT2D eigenvalue weighted by Gasteiger charge is -2.28. The first kappa shape index (κ1) is 26.6. The van der Waals surface area contributed by atoms with Gasteiger partial charge in [0.1, 0.15) is 0 Å². The number of benzene rings is 2. The highest BCUT2D eigenvalue weighted by Gasteiger charge is 2.21. The van der Waals surface area contributed by atoms with Crippen LogP contribution in [-0.4, -0.2) is 17.8 Å². The number of nitrogens with two attached hydrogens (primary N) is 1. The van der Waals surface area contributed by atoms with Gasteiger partial charge in [-0.1, -0.05) is 80.1 Å². The van der Waals surface area contributed by atoms with Crippen molar-refractivity contribution in [3.8, 4) is 11.1 Å². The van der Waals surface area contributed by atoms with Crippen LogP contribution in [0.1, 0.15) is 93.7 Å². The van der Waals surface area contributed by atoms with Crippen LogP contribution in [0.4, 0.5) is 0 Å². The Morgan fingerprint density at radius 3 is 2.42 bits per heavy atom. The summed E-state index contributed by atoms with van der Waals surface area (Å²) in [6.07, 6.45) is 19.7. The molecule has 4 rings (SSSR count). The highest BCUT2D eigenvalue weighted by atomic mass is 16.3. The van der Waals surface area contributed by atoms with Crippen molar-refractivity contribution in [1.82, 2.24) is 0 Å². The van der Waals surface area contributed by atoms with Crippen LogP contribution in [0.3, 0.4) is 0 Å². The zero-order chi connectivity index (χ0) is 25.3. The Morgan fingerprint density at radius 2 is 1.78 bits per heavy atom. The van der Waals surface area contributed by atoms with Crippen LogP contribution in [0.25, 0.3) is 16.7 Å². The van der Waals surface area contributed by atoms with Crippen molar-refractivity contribution < 1.29 is 5.11 Å². The van der Waals surface area contributed by atoms with Gasteiger partial charge in [0.15, 0.2) is 0 Å². The largest absolute Gasteiger partial charge is 0.388 e. The highest BCUT2D eigenvalue weighted by Crippen LogP contribution is 2.38. The van der Waals surface area contributed by atoms with Gasteiger partial charge >= 0.3 is 0 Å². The SMILES string of the molecule is CCC1CCC(c2ccc(-c3ccc(C(=CCCCN)C(O)CC4=CCCC=C4)c(C)c3)cc2)CC1. The molecule has 0 spiro atoms. The van der Waals surface area contributed by atoms with E-state index in [0.717, 1.165) is 48.7 Å². The Morgan fingerprint density at radius 1 is 1.03 bits per heavy atom. The summed E-state index contributed by atoms with van der Waals surface area (Å²) in [5, 5.41) is 11.2. The first-order chi connectivity index (χ1) is 17.6. The van der Waals surface area contributed by atoms with Gasteiger partial charge in [0.05, 0.1) is 6.10 Å². The van der Waals surface area contributed by atoms with Crippen molar-refractivity contribution >= 4 is 5.57 Å². The van der Waals surface area contributed by atoms with Crippen LogP contribution in [-0.2, 0) is 0 Å². The first-order valence-corrected chi connectivity index (χ1v) is 14.2. The van der Waals surface area contributed by atoms with Crippen molar-refractivity contribution in [2.24, 2.45) is 11.7 Å². The van der Waals surface area contributed by atoms with Gasteiger partial charge in [0.25, 0.3) is 0 Å². The molecule has 3 N–H and O–H groups in total. The summed E-state index contributed by atoms with van der Waals surface area (Å²) in [6, 6.07) is 16.0. The molecular weight excluding hydrogens is 438 g/mol. The maximum absolute atomic E-state index is 11.2. The van der Waals surface area contributed by atoms with Crippen LogP contribution >= 0.6 is 0 Å². The van der Waals surface area contributed by atoms with Crippen LogP contribution in [0, 0.1) is 12.8 Å². The van der Waals surface area contributed by atoms with E-state index in [0.29, 0.717) is 13.0 Å². The van der Waals surface area contributed by atoms with Crippen LogP contribution in [0.5, 0.6) is 0 Å². The fourth-order valence-electron chi connectivity index (χ4n) is 5.97. The molecule has 2 aliphatic carbocycles. The van der Waals surface area contributed by atoms with E-state index < -0.39 is 6.10 Å². The topological polar surface area (TPSA) is 46.2 Å². The summed E-state index contributed by atoms with van der Waals surface area (Å²) in [4.78, 5) is 0. The van der Waals surface area contributed by atoms with Gasteiger partial charge < -0.3 is 10.8 Å². The standard InChI is InChI=1S/C34H45NO/c1-3-26-12-14-28(15-13-26)29-16-18-30(19-17-29)31-20-21-32(25(2)23-31)33(11-7-8-22-35)34(36)24-27-9-5-4-6-10-27/h5,9-11,16-21,23,26,28,34,36H,3-4,6-8,12-15,22,24,35H2,1-2H3. The molecule has 0 radical (unpaired) electrons. The van der Waals surface area contributed by atoms with Gasteiger partial charge in [-0.15, -0.1) is 0 Å². The molecular formula is C34H45NO. The molecule has 2 heteroatoms. The molecule has 0 heterocycles. The normalized spacial score (nSPS) is 21.3.